The summed E-state index contributed by atoms with van der Waals surface area (Å²) in [6.45, 7) is 1.74. The van der Waals surface area contributed by atoms with Crippen LogP contribution in [0, 0.1) is 6.92 Å². The largest absolute Gasteiger partial charge is 0.508 e. The third-order valence-corrected chi connectivity index (χ3v) is 2.61. The molecule has 0 amide bonds. The summed E-state index contributed by atoms with van der Waals surface area (Å²) < 4.78 is 1.46. The van der Waals surface area contributed by atoms with Crippen molar-refractivity contribution in [2.75, 3.05) is 0 Å². The molecule has 0 spiro atoms. The molecule has 82 valence electrons. The van der Waals surface area contributed by atoms with E-state index in [2.05, 4.69) is 0 Å². The van der Waals surface area contributed by atoms with Gasteiger partial charge in [-0.3, -0.25) is 9.36 Å². The van der Waals surface area contributed by atoms with Gasteiger partial charge in [-0.2, -0.15) is 0 Å². The van der Waals surface area contributed by atoms with E-state index in [1.165, 1.54) is 10.6 Å². The first kappa shape index (κ1) is 10.8. The van der Waals surface area contributed by atoms with Crippen molar-refractivity contribution in [3.05, 3.63) is 57.5 Å². The van der Waals surface area contributed by atoms with Gasteiger partial charge in [-0.05, 0) is 25.1 Å². The Bertz CT molecular complexity index is 590. The average molecular weight is 236 g/mol. The highest BCUT2D eigenvalue weighted by Crippen LogP contribution is 2.20. The van der Waals surface area contributed by atoms with Gasteiger partial charge in [0, 0.05) is 11.8 Å². The minimum absolute atomic E-state index is 0.0363. The van der Waals surface area contributed by atoms with Crippen molar-refractivity contribution in [3.63, 3.8) is 0 Å². The Balaban J connectivity index is 2.75. The highest BCUT2D eigenvalue weighted by molar-refractivity contribution is 6.32. The molecule has 0 atom stereocenters. The number of rotatable bonds is 1. The smallest absolute Gasteiger partial charge is 0.259 e. The summed E-state index contributed by atoms with van der Waals surface area (Å²) in [5.74, 6) is -0.0363. The van der Waals surface area contributed by atoms with Crippen LogP contribution in [0.5, 0.6) is 5.75 Å². The summed E-state index contributed by atoms with van der Waals surface area (Å²) in [5.41, 5.74) is 0.954. The topological polar surface area (TPSA) is 42.2 Å². The maximum Gasteiger partial charge on any atom is 0.259 e. The number of benzene rings is 1. The molecule has 16 heavy (non-hydrogen) atoms. The minimum Gasteiger partial charge on any atom is -0.508 e. The van der Waals surface area contributed by atoms with Crippen molar-refractivity contribution in [3.8, 4) is 11.4 Å². The number of aryl methyl sites for hydroxylation is 1. The van der Waals surface area contributed by atoms with E-state index < -0.39 is 0 Å². The standard InChI is InChI=1S/C12H10ClNO2/c1-8-6-9(15)7-12(16)14(8)11-5-3-2-4-10(11)13/h2-7,15H,1H3. The van der Waals surface area contributed by atoms with Gasteiger partial charge in [-0.15, -0.1) is 0 Å². The lowest BCUT2D eigenvalue weighted by Gasteiger charge is -2.11. The van der Waals surface area contributed by atoms with Crippen molar-refractivity contribution in [1.82, 2.24) is 4.57 Å². The number of hydrogen-bond acceptors (Lipinski definition) is 2. The van der Waals surface area contributed by atoms with E-state index in [9.17, 15) is 9.90 Å². The molecule has 0 saturated heterocycles. The molecule has 4 heteroatoms. The normalized spacial score (nSPS) is 10.4. The lowest BCUT2D eigenvalue weighted by Crippen LogP contribution is -2.19. The van der Waals surface area contributed by atoms with E-state index in [1.807, 2.05) is 0 Å². The van der Waals surface area contributed by atoms with Crippen LogP contribution in [0.3, 0.4) is 0 Å². The summed E-state index contributed by atoms with van der Waals surface area (Å²) in [7, 11) is 0. The minimum atomic E-state index is -0.300. The van der Waals surface area contributed by atoms with Gasteiger partial charge >= 0.3 is 0 Å². The van der Waals surface area contributed by atoms with Crippen molar-refractivity contribution >= 4 is 11.6 Å². The van der Waals surface area contributed by atoms with Gasteiger partial charge in [0.05, 0.1) is 10.7 Å². The molecule has 1 N–H and O–H groups in total. The number of aromatic hydroxyl groups is 1. The number of aromatic nitrogens is 1. The van der Waals surface area contributed by atoms with Crippen LogP contribution in [0.1, 0.15) is 5.69 Å². The van der Waals surface area contributed by atoms with Gasteiger partial charge in [-0.25, -0.2) is 0 Å². The second-order valence-corrected chi connectivity index (χ2v) is 3.89. The Morgan fingerprint density at radius 2 is 1.94 bits per heavy atom. The summed E-state index contributed by atoms with van der Waals surface area (Å²) in [5, 5.41) is 9.79. The fourth-order valence-electron chi connectivity index (χ4n) is 1.63. The number of pyridine rings is 1. The lowest BCUT2D eigenvalue weighted by molar-refractivity contribution is 0.472. The number of nitrogens with zero attached hydrogens (tertiary/aromatic N) is 1. The van der Waals surface area contributed by atoms with E-state index in [0.29, 0.717) is 16.4 Å². The van der Waals surface area contributed by atoms with Crippen LogP contribution in [-0.2, 0) is 0 Å². The molecule has 1 heterocycles. The first-order valence-electron chi connectivity index (χ1n) is 4.77. The molecular formula is C12H10ClNO2. The van der Waals surface area contributed by atoms with E-state index in [4.69, 9.17) is 11.6 Å². The lowest BCUT2D eigenvalue weighted by atomic mass is 10.2. The molecule has 3 nitrogen and oxygen atoms in total. The first-order chi connectivity index (χ1) is 7.59. The van der Waals surface area contributed by atoms with Crippen molar-refractivity contribution in [2.45, 2.75) is 6.92 Å². The predicted molar refractivity (Wildman–Crippen MR) is 63.5 cm³/mol. The van der Waals surface area contributed by atoms with Crippen LogP contribution in [0.2, 0.25) is 5.02 Å². The van der Waals surface area contributed by atoms with E-state index in [1.54, 1.807) is 31.2 Å². The number of hydrogen-bond donors (Lipinski definition) is 1. The fraction of sp³-hybridized carbons (Fsp3) is 0.0833. The Hall–Kier alpha value is -1.74. The van der Waals surface area contributed by atoms with Crippen molar-refractivity contribution in [1.29, 1.82) is 0 Å². The van der Waals surface area contributed by atoms with E-state index >= 15 is 0 Å². The molecular weight excluding hydrogens is 226 g/mol. The van der Waals surface area contributed by atoms with Crippen LogP contribution in [0.15, 0.2) is 41.2 Å². The summed E-state index contributed by atoms with van der Waals surface area (Å²) in [4.78, 5) is 11.8. The number of para-hydroxylation sites is 1. The third-order valence-electron chi connectivity index (χ3n) is 2.29. The molecule has 0 bridgehead atoms. The maximum absolute atomic E-state index is 11.8. The Morgan fingerprint density at radius 3 is 2.56 bits per heavy atom. The zero-order valence-electron chi connectivity index (χ0n) is 8.64. The zero-order valence-corrected chi connectivity index (χ0v) is 9.40. The highest BCUT2D eigenvalue weighted by atomic mass is 35.5. The summed E-state index contributed by atoms with van der Waals surface area (Å²) >= 11 is 6.02. The predicted octanol–water partition coefficient (Wildman–Crippen LogP) is 2.50. The molecule has 1 aromatic carbocycles. The van der Waals surface area contributed by atoms with Gasteiger partial charge in [0.1, 0.15) is 5.75 Å². The van der Waals surface area contributed by atoms with Gasteiger partial charge in [0.15, 0.2) is 0 Å². The molecule has 0 aliphatic heterocycles. The zero-order chi connectivity index (χ0) is 11.7. The molecule has 0 aliphatic carbocycles. The Labute approximate surface area is 97.5 Å². The Morgan fingerprint density at radius 1 is 1.25 bits per heavy atom. The first-order valence-corrected chi connectivity index (χ1v) is 5.15. The average Bonchev–Trinajstić information content (AvgIpc) is 2.19. The summed E-state index contributed by atoms with van der Waals surface area (Å²) in [6.07, 6.45) is 0. The molecule has 0 unspecified atom stereocenters. The molecule has 0 fully saturated rings. The van der Waals surface area contributed by atoms with Crippen LogP contribution in [0.25, 0.3) is 5.69 Å². The second-order valence-electron chi connectivity index (χ2n) is 3.48. The van der Waals surface area contributed by atoms with Gasteiger partial charge in [0.25, 0.3) is 5.56 Å². The Kier molecular flexibility index (Phi) is 2.71. The monoisotopic (exact) mass is 235 g/mol. The molecule has 0 radical (unpaired) electrons. The highest BCUT2D eigenvalue weighted by Gasteiger charge is 2.07. The third kappa shape index (κ3) is 1.82. The van der Waals surface area contributed by atoms with Gasteiger partial charge < -0.3 is 5.11 Å². The fourth-order valence-corrected chi connectivity index (χ4v) is 1.85. The van der Waals surface area contributed by atoms with Crippen LogP contribution in [-0.4, -0.2) is 9.67 Å². The van der Waals surface area contributed by atoms with Crippen LogP contribution >= 0.6 is 11.6 Å². The summed E-state index contributed by atoms with van der Waals surface area (Å²) in [6, 6.07) is 9.76. The van der Waals surface area contributed by atoms with Gasteiger partial charge in [-0.1, -0.05) is 23.7 Å². The van der Waals surface area contributed by atoms with E-state index in [-0.39, 0.29) is 11.3 Å². The molecule has 0 saturated carbocycles. The molecule has 2 rings (SSSR count). The van der Waals surface area contributed by atoms with Gasteiger partial charge in [0.2, 0.25) is 0 Å². The maximum atomic E-state index is 11.8. The van der Waals surface area contributed by atoms with Crippen LogP contribution in [0.4, 0.5) is 0 Å². The van der Waals surface area contributed by atoms with E-state index in [0.717, 1.165) is 6.07 Å². The molecule has 0 aliphatic rings. The molecule has 1 aromatic heterocycles. The SMILES string of the molecule is Cc1cc(O)cc(=O)n1-c1ccccc1Cl. The van der Waals surface area contributed by atoms with Crippen molar-refractivity contribution in [2.24, 2.45) is 0 Å². The second kappa shape index (κ2) is 4.02. The van der Waals surface area contributed by atoms with Crippen molar-refractivity contribution < 1.29 is 5.11 Å². The number of halogens is 1. The molecule has 2 aromatic rings. The quantitative estimate of drug-likeness (QED) is 0.825. The van der Waals surface area contributed by atoms with Crippen LogP contribution < -0.4 is 5.56 Å².